The Balaban J connectivity index is 1.05. The van der Waals surface area contributed by atoms with Crippen molar-refractivity contribution < 1.29 is 17.7 Å². The van der Waals surface area contributed by atoms with Gasteiger partial charge in [-0.05, 0) is 72.8 Å². The Morgan fingerprint density at radius 3 is 0.711 bits per heavy atom. The van der Waals surface area contributed by atoms with Crippen molar-refractivity contribution in [3.8, 4) is 34.9 Å². The molecule has 0 aliphatic carbocycles. The number of nitrogens with zero attached hydrogens (tertiary/aromatic N) is 6. The summed E-state index contributed by atoms with van der Waals surface area (Å²) < 4.78 is 36.2. The molecule has 0 saturated heterocycles. The molecule has 0 fully saturated rings. The van der Waals surface area contributed by atoms with Crippen molar-refractivity contribution in [2.45, 2.75) is 0 Å². The van der Waals surface area contributed by atoms with Crippen LogP contribution in [0.3, 0.4) is 0 Å². The van der Waals surface area contributed by atoms with Crippen LogP contribution in [0, 0.1) is 22.7 Å². The molecule has 21 rings (SSSR count). The zero-order valence-corrected chi connectivity index (χ0v) is 47.4. The van der Waals surface area contributed by atoms with Crippen LogP contribution in [-0.4, -0.2) is 18.3 Å². The highest BCUT2D eigenvalue weighted by molar-refractivity contribution is 6.23. The summed E-state index contributed by atoms with van der Waals surface area (Å²) in [6.07, 6.45) is 0. The van der Waals surface area contributed by atoms with Gasteiger partial charge in [0.05, 0.1) is 66.9 Å². The van der Waals surface area contributed by atoms with E-state index in [0.29, 0.717) is 45.1 Å². The maximum Gasteiger partial charge on any atom is 0.137 e. The fourth-order valence-corrected chi connectivity index (χ4v) is 15.5. The molecule has 8 heterocycles. The average Bonchev–Trinajstić information content (AvgIpc) is 1.48. The minimum Gasteiger partial charge on any atom is -0.456 e. The summed E-state index contributed by atoms with van der Waals surface area (Å²) in [6, 6.07) is 89.5. The summed E-state index contributed by atoms with van der Waals surface area (Å²) in [5, 5.41) is 41.6. The second-order valence-corrected chi connectivity index (χ2v) is 23.6. The Morgan fingerprint density at radius 1 is 0.200 bits per heavy atom. The van der Waals surface area contributed by atoms with Gasteiger partial charge in [0.25, 0.3) is 0 Å². The van der Waals surface area contributed by atoms with Crippen LogP contribution in [0.1, 0.15) is 11.1 Å². The van der Waals surface area contributed by atoms with Crippen molar-refractivity contribution in [3.05, 3.63) is 254 Å². The topological polar surface area (TPSA) is 120 Å². The lowest BCUT2D eigenvalue weighted by molar-refractivity contribution is 0.669. The molecular weight excluding hydrogens is 1110 g/mol. The van der Waals surface area contributed by atoms with Crippen LogP contribution in [0.15, 0.2) is 260 Å². The fraction of sp³-hybridized carbons (Fsp3) is 0. The normalized spacial score (nSPS) is 12.4. The van der Waals surface area contributed by atoms with E-state index in [2.05, 4.69) is 194 Å². The molecule has 13 aromatic carbocycles. The minimum absolute atomic E-state index is 0.265. The first kappa shape index (κ1) is 47.5. The molecule has 10 heteroatoms. The summed E-state index contributed by atoms with van der Waals surface area (Å²) in [5.74, 6) is 0. The highest BCUT2D eigenvalue weighted by atomic mass is 16.3. The molecule has 0 bridgehead atoms. The van der Waals surface area contributed by atoms with E-state index in [-0.39, 0.29) is 11.1 Å². The molecule has 90 heavy (non-hydrogen) atoms. The minimum atomic E-state index is 0.265. The molecule has 0 saturated carbocycles. The van der Waals surface area contributed by atoms with Gasteiger partial charge in [0.1, 0.15) is 67.9 Å². The fourth-order valence-electron chi connectivity index (χ4n) is 15.5. The summed E-state index contributed by atoms with van der Waals surface area (Å²) in [6.45, 7) is 0. The van der Waals surface area contributed by atoms with Crippen LogP contribution in [0.25, 0.3) is 198 Å². The van der Waals surface area contributed by atoms with E-state index >= 15 is 0 Å². The van der Waals surface area contributed by atoms with Crippen molar-refractivity contribution in [3.63, 3.8) is 0 Å². The zero-order chi connectivity index (χ0) is 58.8. The van der Waals surface area contributed by atoms with Crippen molar-refractivity contribution in [2.75, 3.05) is 0 Å². The van der Waals surface area contributed by atoms with E-state index in [1.807, 2.05) is 78.9 Å². The van der Waals surface area contributed by atoms with Crippen LogP contribution < -0.4 is 0 Å². The second-order valence-electron chi connectivity index (χ2n) is 23.6. The van der Waals surface area contributed by atoms with Crippen molar-refractivity contribution in [1.82, 2.24) is 18.3 Å². The quantitative estimate of drug-likeness (QED) is 0.173. The smallest absolute Gasteiger partial charge is 0.137 e. The monoisotopic (exact) mass is 1150 g/mol. The Bertz CT molecular complexity index is 6720. The standard InChI is InChI=1S/C80H40N6O4/c81-41-59-77(83-61-25-9-1-17-43(61)51-33-55-47-21-5-13-29-69(47)87-73(55)37-65(51)83)60(42-82)79(85-63-27-11-3-19-45(63)53-35-57-49-23-7-15-31-71(49)89-75(57)39-67(53)85)80(86-64-28-12-4-20-46(64)54-36-58-50-24-8-16-32-72(50)90-76(58)40-68(54)86)78(59)84-62-26-10-2-18-44(62)52-34-56-48-22-6-14-30-70(48)88-74(56)38-66(52)84/h1-40H. The number of para-hydroxylation sites is 8. The molecular formula is C80H40N6O4. The number of benzene rings is 13. The van der Waals surface area contributed by atoms with Crippen molar-refractivity contribution in [2.24, 2.45) is 0 Å². The first-order valence-corrected chi connectivity index (χ1v) is 30.0. The van der Waals surface area contributed by atoms with Gasteiger partial charge in [-0.3, -0.25) is 0 Å². The maximum absolute atomic E-state index is 13.0. The SMILES string of the molecule is N#Cc1c(-n2c3ccccc3c3cc4c(cc32)oc2ccccc24)c(C#N)c(-n2c3ccccc3c3cc4c(cc32)oc2ccccc24)c(-n2c3ccccc3c3cc4c(cc32)oc2ccccc24)c1-n1c2ccccc2c2cc3c(cc21)oc1ccccc13. The van der Waals surface area contributed by atoms with E-state index in [0.717, 1.165) is 153 Å². The average molecular weight is 1150 g/mol. The van der Waals surface area contributed by atoms with E-state index in [4.69, 9.17) is 17.7 Å². The number of furan rings is 4. The van der Waals surface area contributed by atoms with Gasteiger partial charge in [-0.25, -0.2) is 0 Å². The first-order chi connectivity index (χ1) is 44.6. The number of rotatable bonds is 4. The van der Waals surface area contributed by atoms with Gasteiger partial charge in [-0.15, -0.1) is 0 Å². The van der Waals surface area contributed by atoms with Gasteiger partial charge in [0.2, 0.25) is 0 Å². The lowest BCUT2D eigenvalue weighted by Crippen LogP contribution is -2.17. The van der Waals surface area contributed by atoms with Crippen LogP contribution >= 0.6 is 0 Å². The van der Waals surface area contributed by atoms with Gasteiger partial charge in [-0.2, -0.15) is 10.5 Å². The van der Waals surface area contributed by atoms with Crippen LogP contribution in [0.4, 0.5) is 0 Å². The Labute approximate surface area is 507 Å². The molecule has 0 amide bonds. The van der Waals surface area contributed by atoms with Crippen molar-refractivity contribution in [1.29, 1.82) is 10.5 Å². The molecule has 414 valence electrons. The molecule has 8 aromatic heterocycles. The molecule has 0 radical (unpaired) electrons. The number of hydrogen-bond donors (Lipinski definition) is 0. The Morgan fingerprint density at radius 2 is 0.433 bits per heavy atom. The number of aromatic nitrogens is 4. The van der Waals surface area contributed by atoms with Gasteiger partial charge in [-0.1, -0.05) is 146 Å². The zero-order valence-electron chi connectivity index (χ0n) is 47.4. The summed E-state index contributed by atoms with van der Waals surface area (Å²) >= 11 is 0. The molecule has 0 unspecified atom stereocenters. The third-order valence-corrected chi connectivity index (χ3v) is 19.2. The third-order valence-electron chi connectivity index (χ3n) is 19.2. The highest BCUT2D eigenvalue weighted by Gasteiger charge is 2.36. The molecule has 10 nitrogen and oxygen atoms in total. The van der Waals surface area contributed by atoms with Gasteiger partial charge >= 0.3 is 0 Å². The van der Waals surface area contributed by atoms with E-state index < -0.39 is 0 Å². The molecule has 0 atom stereocenters. The van der Waals surface area contributed by atoms with E-state index in [1.54, 1.807) is 0 Å². The molecule has 0 N–H and O–H groups in total. The summed E-state index contributed by atoms with van der Waals surface area (Å²) in [5.41, 5.74) is 15.0. The molecule has 0 spiro atoms. The number of hydrogen-bond acceptors (Lipinski definition) is 6. The third kappa shape index (κ3) is 5.98. The van der Waals surface area contributed by atoms with Crippen LogP contribution in [-0.2, 0) is 0 Å². The largest absolute Gasteiger partial charge is 0.456 e. The van der Waals surface area contributed by atoms with E-state index in [1.165, 1.54) is 0 Å². The second kappa shape index (κ2) is 17.0. The predicted molar refractivity (Wildman–Crippen MR) is 362 cm³/mol. The highest BCUT2D eigenvalue weighted by Crippen LogP contribution is 2.51. The van der Waals surface area contributed by atoms with Gasteiger partial charge in [0, 0.05) is 110 Å². The molecule has 21 aromatic rings. The number of fused-ring (bicyclic) bond motifs is 24. The van der Waals surface area contributed by atoms with Crippen molar-refractivity contribution >= 4 is 175 Å². The van der Waals surface area contributed by atoms with Gasteiger partial charge in [0.15, 0.2) is 0 Å². The molecule has 0 aliphatic rings. The lowest BCUT2D eigenvalue weighted by atomic mass is 9.98. The van der Waals surface area contributed by atoms with E-state index in [9.17, 15) is 10.5 Å². The predicted octanol–water partition coefficient (Wildman–Crippen LogP) is 21.4. The molecule has 0 aliphatic heterocycles. The maximum atomic E-state index is 13.0. The summed E-state index contributed by atoms with van der Waals surface area (Å²) in [4.78, 5) is 0. The van der Waals surface area contributed by atoms with Crippen LogP contribution in [0.2, 0.25) is 0 Å². The van der Waals surface area contributed by atoms with Crippen LogP contribution in [0.5, 0.6) is 0 Å². The summed E-state index contributed by atoms with van der Waals surface area (Å²) in [7, 11) is 0. The van der Waals surface area contributed by atoms with Gasteiger partial charge < -0.3 is 35.9 Å². The Hall–Kier alpha value is -12.8. The first-order valence-electron chi connectivity index (χ1n) is 30.0. The number of nitriles is 2. The lowest BCUT2D eigenvalue weighted by Gasteiger charge is -2.27. The Kier molecular flexibility index (Phi) is 8.98.